The van der Waals surface area contributed by atoms with Gasteiger partial charge >= 0.3 is 0 Å². The van der Waals surface area contributed by atoms with E-state index in [-0.39, 0.29) is 0 Å². The zero-order chi connectivity index (χ0) is 13.0. The standard InChI is InChI=1S/C15H21N3/c1-12-11-15(8-10-18(12)2)17-14-5-3-13(4-6-14)7-9-16/h3-6,12,15,17H,7-8,10-11H2,1-2H3. The van der Waals surface area contributed by atoms with Crippen molar-refractivity contribution in [3.05, 3.63) is 29.8 Å². The van der Waals surface area contributed by atoms with Crippen LogP contribution in [-0.4, -0.2) is 30.6 Å². The van der Waals surface area contributed by atoms with Crippen molar-refractivity contribution in [2.24, 2.45) is 0 Å². The number of hydrogen-bond donors (Lipinski definition) is 1. The van der Waals surface area contributed by atoms with Crippen LogP contribution in [0.4, 0.5) is 5.69 Å². The second-order valence-electron chi connectivity index (χ2n) is 5.23. The highest BCUT2D eigenvalue weighted by molar-refractivity contribution is 5.45. The van der Waals surface area contributed by atoms with Gasteiger partial charge in [-0.2, -0.15) is 5.26 Å². The van der Waals surface area contributed by atoms with Crippen LogP contribution in [0.25, 0.3) is 0 Å². The van der Waals surface area contributed by atoms with Gasteiger partial charge in [0.25, 0.3) is 0 Å². The van der Waals surface area contributed by atoms with Crippen molar-refractivity contribution >= 4 is 5.69 Å². The molecule has 1 aromatic carbocycles. The molecule has 2 rings (SSSR count). The summed E-state index contributed by atoms with van der Waals surface area (Å²) in [5, 5.41) is 12.2. The molecule has 0 spiro atoms. The SMILES string of the molecule is CC1CC(Nc2ccc(CC#N)cc2)CCN1C. The van der Waals surface area contributed by atoms with Gasteiger partial charge in [0.2, 0.25) is 0 Å². The fourth-order valence-corrected chi connectivity index (χ4v) is 2.47. The van der Waals surface area contributed by atoms with Crippen LogP contribution >= 0.6 is 0 Å². The molecule has 1 aliphatic rings. The lowest BCUT2D eigenvalue weighted by Crippen LogP contribution is -2.42. The first-order valence-electron chi connectivity index (χ1n) is 6.61. The fraction of sp³-hybridized carbons (Fsp3) is 0.533. The molecule has 1 aliphatic heterocycles. The van der Waals surface area contributed by atoms with Crippen LogP contribution in [0.15, 0.2) is 24.3 Å². The number of nitrogens with one attached hydrogen (secondary N) is 1. The van der Waals surface area contributed by atoms with Crippen LogP contribution in [0, 0.1) is 11.3 Å². The zero-order valence-electron chi connectivity index (χ0n) is 11.2. The predicted octanol–water partition coefficient (Wildman–Crippen LogP) is 2.65. The molecule has 0 aliphatic carbocycles. The van der Waals surface area contributed by atoms with E-state index < -0.39 is 0 Å². The summed E-state index contributed by atoms with van der Waals surface area (Å²) in [5.74, 6) is 0. The normalized spacial score (nSPS) is 24.5. The first kappa shape index (κ1) is 12.9. The number of rotatable bonds is 3. The summed E-state index contributed by atoms with van der Waals surface area (Å²) in [7, 11) is 2.19. The summed E-state index contributed by atoms with van der Waals surface area (Å²) in [5.41, 5.74) is 2.25. The van der Waals surface area contributed by atoms with Gasteiger partial charge in [0.1, 0.15) is 0 Å². The second kappa shape index (κ2) is 5.88. The monoisotopic (exact) mass is 243 g/mol. The lowest BCUT2D eigenvalue weighted by Gasteiger charge is -2.35. The lowest BCUT2D eigenvalue weighted by molar-refractivity contribution is 0.190. The Labute approximate surface area is 109 Å². The highest BCUT2D eigenvalue weighted by Crippen LogP contribution is 2.20. The third-order valence-corrected chi connectivity index (χ3v) is 3.82. The Kier molecular flexibility index (Phi) is 4.22. The third-order valence-electron chi connectivity index (χ3n) is 3.82. The van der Waals surface area contributed by atoms with E-state index in [1.54, 1.807) is 0 Å². The predicted molar refractivity (Wildman–Crippen MR) is 74.5 cm³/mol. The highest BCUT2D eigenvalue weighted by atomic mass is 15.1. The quantitative estimate of drug-likeness (QED) is 0.887. The largest absolute Gasteiger partial charge is 0.382 e. The van der Waals surface area contributed by atoms with Crippen molar-refractivity contribution in [2.45, 2.75) is 38.3 Å². The van der Waals surface area contributed by atoms with Gasteiger partial charge in [-0.1, -0.05) is 12.1 Å². The van der Waals surface area contributed by atoms with Gasteiger partial charge in [0.05, 0.1) is 12.5 Å². The van der Waals surface area contributed by atoms with E-state index in [2.05, 4.69) is 42.4 Å². The molecule has 2 unspecified atom stereocenters. The molecule has 18 heavy (non-hydrogen) atoms. The van der Waals surface area contributed by atoms with E-state index in [1.807, 2.05) is 12.1 Å². The molecule has 1 fully saturated rings. The van der Waals surface area contributed by atoms with Crippen molar-refractivity contribution in [3.63, 3.8) is 0 Å². The number of hydrogen-bond acceptors (Lipinski definition) is 3. The second-order valence-corrected chi connectivity index (χ2v) is 5.23. The molecule has 0 saturated carbocycles. The molecule has 0 bridgehead atoms. The minimum absolute atomic E-state index is 0.492. The van der Waals surface area contributed by atoms with Crippen LogP contribution in [0.5, 0.6) is 0 Å². The minimum atomic E-state index is 0.492. The number of anilines is 1. The average molecular weight is 243 g/mol. The molecular formula is C15H21N3. The van der Waals surface area contributed by atoms with Gasteiger partial charge in [-0.15, -0.1) is 0 Å². The number of nitriles is 1. The van der Waals surface area contributed by atoms with Crippen LogP contribution in [0.1, 0.15) is 25.3 Å². The van der Waals surface area contributed by atoms with Crippen molar-refractivity contribution in [1.29, 1.82) is 5.26 Å². The Bertz CT molecular complexity index is 418. The Morgan fingerprint density at radius 3 is 2.72 bits per heavy atom. The number of benzene rings is 1. The Balaban J connectivity index is 1.91. The van der Waals surface area contributed by atoms with E-state index in [9.17, 15) is 0 Å². The summed E-state index contributed by atoms with van der Waals surface area (Å²) in [6.07, 6.45) is 2.88. The van der Waals surface area contributed by atoms with Crippen LogP contribution in [0.2, 0.25) is 0 Å². The molecule has 1 aromatic rings. The summed E-state index contributed by atoms with van der Waals surface area (Å²) in [6.45, 7) is 3.44. The lowest BCUT2D eigenvalue weighted by atomic mass is 9.98. The molecule has 1 saturated heterocycles. The Morgan fingerprint density at radius 2 is 2.11 bits per heavy atom. The van der Waals surface area contributed by atoms with Crippen LogP contribution in [-0.2, 0) is 6.42 Å². The Hall–Kier alpha value is -1.53. The van der Waals surface area contributed by atoms with E-state index in [0.29, 0.717) is 18.5 Å². The molecule has 3 heteroatoms. The topological polar surface area (TPSA) is 39.1 Å². The smallest absolute Gasteiger partial charge is 0.0669 e. The summed E-state index contributed by atoms with van der Waals surface area (Å²) >= 11 is 0. The van der Waals surface area contributed by atoms with Gasteiger partial charge in [-0.05, 0) is 44.5 Å². The molecule has 96 valence electrons. The molecule has 1 heterocycles. The van der Waals surface area contributed by atoms with Crippen molar-refractivity contribution in [1.82, 2.24) is 4.90 Å². The molecule has 3 nitrogen and oxygen atoms in total. The maximum Gasteiger partial charge on any atom is 0.0669 e. The van der Waals surface area contributed by atoms with Gasteiger partial charge in [0.15, 0.2) is 0 Å². The molecule has 0 aromatic heterocycles. The molecule has 2 atom stereocenters. The molecule has 1 N–H and O–H groups in total. The summed E-state index contributed by atoms with van der Waals surface area (Å²) < 4.78 is 0. The van der Waals surface area contributed by atoms with E-state index in [1.165, 1.54) is 18.5 Å². The Morgan fingerprint density at radius 1 is 1.39 bits per heavy atom. The minimum Gasteiger partial charge on any atom is -0.382 e. The maximum atomic E-state index is 8.63. The van der Waals surface area contributed by atoms with Gasteiger partial charge in [0, 0.05) is 24.3 Å². The fourth-order valence-electron chi connectivity index (χ4n) is 2.47. The van der Waals surface area contributed by atoms with Gasteiger partial charge in [-0.3, -0.25) is 0 Å². The van der Waals surface area contributed by atoms with Gasteiger partial charge < -0.3 is 10.2 Å². The number of piperidine rings is 1. The van der Waals surface area contributed by atoms with Crippen molar-refractivity contribution in [3.8, 4) is 6.07 Å². The van der Waals surface area contributed by atoms with Crippen LogP contribution in [0.3, 0.4) is 0 Å². The first-order valence-corrected chi connectivity index (χ1v) is 6.61. The third kappa shape index (κ3) is 3.24. The zero-order valence-corrected chi connectivity index (χ0v) is 11.2. The van der Waals surface area contributed by atoms with Crippen molar-refractivity contribution < 1.29 is 0 Å². The van der Waals surface area contributed by atoms with E-state index in [4.69, 9.17) is 5.26 Å². The van der Waals surface area contributed by atoms with E-state index in [0.717, 1.165) is 12.1 Å². The molecule has 0 amide bonds. The average Bonchev–Trinajstić information content (AvgIpc) is 2.37. The first-order chi connectivity index (χ1) is 8.69. The van der Waals surface area contributed by atoms with E-state index >= 15 is 0 Å². The summed E-state index contributed by atoms with van der Waals surface area (Å²) in [4.78, 5) is 2.41. The maximum absolute atomic E-state index is 8.63. The van der Waals surface area contributed by atoms with Crippen molar-refractivity contribution in [2.75, 3.05) is 18.9 Å². The molecule has 0 radical (unpaired) electrons. The summed E-state index contributed by atoms with van der Waals surface area (Å²) in [6, 6.07) is 11.6. The number of nitrogens with zero attached hydrogens (tertiary/aromatic N) is 2. The highest BCUT2D eigenvalue weighted by Gasteiger charge is 2.22. The molecular weight excluding hydrogens is 222 g/mol. The van der Waals surface area contributed by atoms with Gasteiger partial charge in [-0.25, -0.2) is 0 Å². The number of likely N-dealkylation sites (tertiary alicyclic amines) is 1. The van der Waals surface area contributed by atoms with Crippen LogP contribution < -0.4 is 5.32 Å².